The predicted octanol–water partition coefficient (Wildman–Crippen LogP) is 6.82. The van der Waals surface area contributed by atoms with E-state index >= 15 is 0 Å². The molecule has 1 spiro atoms. The van der Waals surface area contributed by atoms with Gasteiger partial charge in [-0.2, -0.15) is 28.2 Å². The highest BCUT2D eigenvalue weighted by molar-refractivity contribution is 6.35. The van der Waals surface area contributed by atoms with Crippen LogP contribution in [0.5, 0.6) is 11.8 Å². The number of methoxy groups -OCH3 is 1. The number of alkyl halides is 3. The van der Waals surface area contributed by atoms with E-state index in [1.54, 1.807) is 18.1 Å². The van der Waals surface area contributed by atoms with E-state index in [1.807, 2.05) is 25.1 Å². The van der Waals surface area contributed by atoms with Crippen LogP contribution >= 0.6 is 11.6 Å². The average molecular weight is 754 g/mol. The van der Waals surface area contributed by atoms with E-state index in [9.17, 15) is 18.0 Å². The van der Waals surface area contributed by atoms with Crippen molar-refractivity contribution >= 4 is 51.2 Å². The summed E-state index contributed by atoms with van der Waals surface area (Å²) in [6.07, 6.45) is 1.16. The lowest BCUT2D eigenvalue weighted by Gasteiger charge is -2.54. The van der Waals surface area contributed by atoms with Gasteiger partial charge in [0.25, 0.3) is 0 Å². The smallest absolute Gasteiger partial charge is 0.422 e. The number of nitrogens with zero attached hydrogens (tertiary/aromatic N) is 6. The predicted molar refractivity (Wildman–Crippen MR) is 199 cm³/mol. The van der Waals surface area contributed by atoms with Crippen LogP contribution in [0, 0.1) is 12.3 Å². The fraction of sp³-hybridized carbons (Fsp3) is 0.474. The fourth-order valence-corrected chi connectivity index (χ4v) is 8.15. The Bertz CT molecular complexity index is 2030. The van der Waals surface area contributed by atoms with Crippen molar-refractivity contribution in [2.45, 2.75) is 44.9 Å². The van der Waals surface area contributed by atoms with Gasteiger partial charge in [0.05, 0.1) is 12.1 Å². The van der Waals surface area contributed by atoms with E-state index in [2.05, 4.69) is 33.2 Å². The number of amides is 1. The maximum atomic E-state index is 14.0. The van der Waals surface area contributed by atoms with Crippen LogP contribution in [0.3, 0.4) is 0 Å². The summed E-state index contributed by atoms with van der Waals surface area (Å²) in [4.78, 5) is 28.3. The number of aromatic amines is 1. The normalized spacial score (nSPS) is 18.1. The number of hydrogen-bond acceptors (Lipinski definition) is 9. The maximum absolute atomic E-state index is 14.0. The Kier molecular flexibility index (Phi) is 10.3. The number of aryl methyl sites for hydroxylation is 1. The number of rotatable bonds is 11. The van der Waals surface area contributed by atoms with Gasteiger partial charge in [-0.15, -0.1) is 0 Å². The highest BCUT2D eigenvalue weighted by Gasteiger charge is 2.46. The van der Waals surface area contributed by atoms with Gasteiger partial charge in [-0.05, 0) is 61.9 Å². The number of carbonyl (C=O) groups excluding carboxylic acids is 1. The number of hydrogen-bond donors (Lipinski definition) is 1. The Labute approximate surface area is 310 Å². The summed E-state index contributed by atoms with van der Waals surface area (Å²) in [6.45, 7) is 13.6. The number of anilines is 1. The molecule has 3 fully saturated rings. The third kappa shape index (κ3) is 7.41. The van der Waals surface area contributed by atoms with Crippen LogP contribution in [0.4, 0.5) is 19.0 Å². The Morgan fingerprint density at radius 2 is 1.85 bits per heavy atom. The molecule has 0 bridgehead atoms. The summed E-state index contributed by atoms with van der Waals surface area (Å²) in [5, 5.41) is 8.32. The van der Waals surface area contributed by atoms with Gasteiger partial charge in [-0.3, -0.25) is 9.89 Å². The molecular formula is C38H43ClF3N7O4. The van der Waals surface area contributed by atoms with Crippen molar-refractivity contribution in [3.05, 3.63) is 53.7 Å². The molecule has 2 aromatic carbocycles. The number of piperidine rings is 2. The lowest BCUT2D eigenvalue weighted by molar-refractivity contribution is -0.153. The number of H-pyrrole nitrogens is 1. The number of carbonyl (C=O) groups is 1. The van der Waals surface area contributed by atoms with Gasteiger partial charge in [0.2, 0.25) is 5.91 Å². The number of aromatic nitrogens is 4. The van der Waals surface area contributed by atoms with E-state index < -0.39 is 12.8 Å². The first-order valence-corrected chi connectivity index (χ1v) is 18.2. The molecule has 4 aromatic rings. The van der Waals surface area contributed by atoms with E-state index in [-0.39, 0.29) is 39.9 Å². The SMILES string of the molecule is C=CC(=O)N1CC2(CCN(c3nc(OC4CCN(CCOC)CC4)nc4c(OCC(F)(F)F)c(-c5c(C)ccc6[nH]nc(Cl)c56)c(C=C)cc34)CC2)C1. The minimum absolute atomic E-state index is 0.00534. The van der Waals surface area contributed by atoms with Crippen LogP contribution in [0.15, 0.2) is 37.4 Å². The van der Waals surface area contributed by atoms with E-state index in [1.165, 1.54) is 6.08 Å². The van der Waals surface area contributed by atoms with Crippen LogP contribution in [-0.4, -0.2) is 114 Å². The average Bonchev–Trinajstić information content (AvgIpc) is 3.51. The maximum Gasteiger partial charge on any atom is 0.422 e. The molecule has 282 valence electrons. The standard InChI is InChI=1S/C38H43ClF3N7O4/c1-5-24-19-26-32(33(52-22-38(40,41)42)30(24)29-23(3)7-8-27-31(29)34(39)46-45-27)43-36(53-25-9-13-47(14-10-25)17-18-51-4)44-35(26)48-15-11-37(12-16-48)20-49(21-37)28(50)6-2/h5-8,19,25H,1-2,9-18,20-22H2,3-4H3,(H,45,46). The molecule has 7 rings (SSSR count). The van der Waals surface area contributed by atoms with Gasteiger partial charge in [0.1, 0.15) is 17.4 Å². The highest BCUT2D eigenvalue weighted by atomic mass is 35.5. The molecule has 0 atom stereocenters. The molecule has 3 aliphatic heterocycles. The van der Waals surface area contributed by atoms with Gasteiger partial charge in [0.15, 0.2) is 17.5 Å². The number of ether oxygens (including phenoxy) is 3. The first-order valence-electron chi connectivity index (χ1n) is 17.8. The van der Waals surface area contributed by atoms with E-state index in [0.29, 0.717) is 71.6 Å². The second-order valence-corrected chi connectivity index (χ2v) is 14.6. The summed E-state index contributed by atoms with van der Waals surface area (Å²) in [5.74, 6) is 0.392. The summed E-state index contributed by atoms with van der Waals surface area (Å²) >= 11 is 6.61. The number of fused-ring (bicyclic) bond motifs is 2. The largest absolute Gasteiger partial charge is 0.481 e. The quantitative estimate of drug-likeness (QED) is 0.165. The lowest BCUT2D eigenvalue weighted by Crippen LogP contribution is -2.61. The Morgan fingerprint density at radius 3 is 2.51 bits per heavy atom. The third-order valence-corrected chi connectivity index (χ3v) is 11.0. The molecule has 11 nitrogen and oxygen atoms in total. The van der Waals surface area contributed by atoms with E-state index in [0.717, 1.165) is 50.9 Å². The number of benzene rings is 2. The zero-order chi connectivity index (χ0) is 37.5. The second-order valence-electron chi connectivity index (χ2n) is 14.2. The first kappa shape index (κ1) is 36.9. The van der Waals surface area contributed by atoms with E-state index in [4.69, 9.17) is 35.8 Å². The molecule has 0 saturated carbocycles. The first-order chi connectivity index (χ1) is 25.4. The van der Waals surface area contributed by atoms with Crippen LogP contribution < -0.4 is 14.4 Å². The Hall–Kier alpha value is -4.40. The number of halogens is 4. The van der Waals surface area contributed by atoms with Gasteiger partial charge in [-0.1, -0.05) is 36.9 Å². The Balaban J connectivity index is 1.35. The molecule has 3 saturated heterocycles. The number of likely N-dealkylation sites (tertiary alicyclic amines) is 2. The molecular weight excluding hydrogens is 711 g/mol. The zero-order valence-corrected chi connectivity index (χ0v) is 30.7. The summed E-state index contributed by atoms with van der Waals surface area (Å²) in [5.41, 5.74) is 2.99. The van der Waals surface area contributed by atoms with Crippen molar-refractivity contribution in [1.29, 1.82) is 0 Å². The molecule has 0 radical (unpaired) electrons. The van der Waals surface area contributed by atoms with Crippen LogP contribution in [0.2, 0.25) is 5.15 Å². The molecule has 2 aromatic heterocycles. The number of nitrogens with one attached hydrogen (secondary N) is 1. The summed E-state index contributed by atoms with van der Waals surface area (Å²) in [6, 6.07) is 5.60. The van der Waals surface area contributed by atoms with Crippen molar-refractivity contribution in [2.24, 2.45) is 5.41 Å². The molecule has 3 aliphatic rings. The molecule has 1 N–H and O–H groups in total. The molecule has 0 unspecified atom stereocenters. The highest BCUT2D eigenvalue weighted by Crippen LogP contribution is 2.48. The molecule has 0 aliphatic carbocycles. The van der Waals surface area contributed by atoms with Crippen LogP contribution in [0.25, 0.3) is 39.0 Å². The zero-order valence-electron chi connectivity index (χ0n) is 29.9. The van der Waals surface area contributed by atoms with Crippen molar-refractivity contribution in [3.63, 3.8) is 0 Å². The van der Waals surface area contributed by atoms with Crippen molar-refractivity contribution in [3.8, 4) is 22.9 Å². The lowest BCUT2D eigenvalue weighted by atomic mass is 9.72. The van der Waals surface area contributed by atoms with Crippen molar-refractivity contribution in [2.75, 3.05) is 71.0 Å². The second kappa shape index (κ2) is 14.8. The summed E-state index contributed by atoms with van der Waals surface area (Å²) < 4.78 is 59.5. The molecule has 15 heteroatoms. The monoisotopic (exact) mass is 753 g/mol. The molecule has 53 heavy (non-hydrogen) atoms. The van der Waals surface area contributed by atoms with Crippen LogP contribution in [0.1, 0.15) is 36.8 Å². The van der Waals surface area contributed by atoms with Crippen LogP contribution in [-0.2, 0) is 9.53 Å². The minimum Gasteiger partial charge on any atom is -0.481 e. The Morgan fingerprint density at radius 1 is 1.11 bits per heavy atom. The third-order valence-electron chi connectivity index (χ3n) is 10.8. The minimum atomic E-state index is -4.64. The van der Waals surface area contributed by atoms with Crippen molar-refractivity contribution < 1.29 is 32.2 Å². The molecule has 1 amide bonds. The molecule has 5 heterocycles. The van der Waals surface area contributed by atoms with Gasteiger partial charge in [0, 0.05) is 80.2 Å². The van der Waals surface area contributed by atoms with Crippen molar-refractivity contribution in [1.82, 2.24) is 30.0 Å². The van der Waals surface area contributed by atoms with Gasteiger partial charge >= 0.3 is 12.2 Å². The van der Waals surface area contributed by atoms with Gasteiger partial charge < -0.3 is 28.9 Å². The fourth-order valence-electron chi connectivity index (χ4n) is 7.91. The topological polar surface area (TPSA) is 109 Å². The summed E-state index contributed by atoms with van der Waals surface area (Å²) in [7, 11) is 1.68. The van der Waals surface area contributed by atoms with Gasteiger partial charge in [-0.25, -0.2) is 0 Å².